The first-order valence-corrected chi connectivity index (χ1v) is 9.38. The van der Waals surface area contributed by atoms with Gasteiger partial charge in [-0.3, -0.25) is 4.79 Å². The quantitative estimate of drug-likeness (QED) is 0.620. The predicted molar refractivity (Wildman–Crippen MR) is 110 cm³/mol. The van der Waals surface area contributed by atoms with Gasteiger partial charge < -0.3 is 4.74 Å². The summed E-state index contributed by atoms with van der Waals surface area (Å²) in [4.78, 5) is 28.9. The van der Waals surface area contributed by atoms with Gasteiger partial charge in [-0.05, 0) is 55.5 Å². The van der Waals surface area contributed by atoms with E-state index in [1.807, 2.05) is 24.3 Å². The number of rotatable bonds is 4. The minimum absolute atomic E-state index is 0.177. The van der Waals surface area contributed by atoms with Crippen LogP contribution in [0.4, 0.5) is 0 Å². The standard InChI is InChI=1S/C24H21NO3/c1-15-7-9-17(10-8-15)13-18-11-12-20-22(24(27)28-14-16(2)26)19-5-3-4-6-21(19)25-23(18)20/h3-10,13H,11-12,14H2,1-2H3/b18-13+. The van der Waals surface area contributed by atoms with Gasteiger partial charge in [0.25, 0.3) is 0 Å². The summed E-state index contributed by atoms with van der Waals surface area (Å²) in [5, 5.41) is 0.770. The van der Waals surface area contributed by atoms with Crippen LogP contribution >= 0.6 is 0 Å². The van der Waals surface area contributed by atoms with Gasteiger partial charge in [-0.1, -0.05) is 48.0 Å². The first kappa shape index (κ1) is 18.1. The van der Waals surface area contributed by atoms with E-state index < -0.39 is 5.97 Å². The molecule has 4 rings (SSSR count). The Bertz CT molecular complexity index is 1110. The van der Waals surface area contributed by atoms with E-state index in [1.54, 1.807) is 0 Å². The van der Waals surface area contributed by atoms with Crippen molar-refractivity contribution >= 4 is 34.3 Å². The number of Topliss-reactive ketones (excluding diaryl/α,β-unsaturated/α-hetero) is 1. The summed E-state index contributed by atoms with van der Waals surface area (Å²) < 4.78 is 5.25. The number of esters is 1. The Morgan fingerprint density at radius 1 is 1.07 bits per heavy atom. The van der Waals surface area contributed by atoms with Crippen molar-refractivity contribution in [3.63, 3.8) is 0 Å². The first-order chi connectivity index (χ1) is 13.5. The summed E-state index contributed by atoms with van der Waals surface area (Å²) >= 11 is 0. The van der Waals surface area contributed by atoms with Crippen LogP contribution in [0.25, 0.3) is 22.6 Å². The minimum atomic E-state index is -0.457. The Balaban J connectivity index is 1.83. The molecule has 0 unspecified atom stereocenters. The third-order valence-electron chi connectivity index (χ3n) is 4.97. The van der Waals surface area contributed by atoms with Gasteiger partial charge in [-0.25, -0.2) is 9.78 Å². The third kappa shape index (κ3) is 3.46. The molecule has 2 aromatic carbocycles. The van der Waals surface area contributed by atoms with Crippen molar-refractivity contribution < 1.29 is 14.3 Å². The highest BCUT2D eigenvalue weighted by molar-refractivity contribution is 6.07. The smallest absolute Gasteiger partial charge is 0.339 e. The Morgan fingerprint density at radius 2 is 1.82 bits per heavy atom. The monoisotopic (exact) mass is 371 g/mol. The summed E-state index contributed by atoms with van der Waals surface area (Å²) in [5.74, 6) is -0.634. The van der Waals surface area contributed by atoms with Gasteiger partial charge in [0.2, 0.25) is 0 Å². The van der Waals surface area contributed by atoms with E-state index in [-0.39, 0.29) is 12.4 Å². The second-order valence-electron chi connectivity index (χ2n) is 7.19. The van der Waals surface area contributed by atoms with Gasteiger partial charge in [0.1, 0.15) is 6.61 Å². The molecule has 0 amide bonds. The topological polar surface area (TPSA) is 56.3 Å². The fourth-order valence-electron chi connectivity index (χ4n) is 3.62. The number of para-hydroxylation sites is 1. The van der Waals surface area contributed by atoms with Crippen LogP contribution in [0.5, 0.6) is 0 Å². The maximum atomic E-state index is 12.8. The van der Waals surface area contributed by atoms with Gasteiger partial charge in [0.05, 0.1) is 16.8 Å². The van der Waals surface area contributed by atoms with Gasteiger partial charge in [-0.15, -0.1) is 0 Å². The summed E-state index contributed by atoms with van der Waals surface area (Å²) in [6.07, 6.45) is 3.69. The van der Waals surface area contributed by atoms with E-state index in [4.69, 9.17) is 9.72 Å². The Kier molecular flexibility index (Phi) is 4.78. The number of ketones is 1. The minimum Gasteiger partial charge on any atom is -0.454 e. The summed E-state index contributed by atoms with van der Waals surface area (Å²) in [6, 6.07) is 15.9. The fraction of sp³-hybridized carbons (Fsp3) is 0.208. The molecule has 0 saturated carbocycles. The van der Waals surface area contributed by atoms with Crippen molar-refractivity contribution in [2.24, 2.45) is 0 Å². The molecule has 3 aromatic rings. The number of fused-ring (bicyclic) bond motifs is 2. The van der Waals surface area contributed by atoms with E-state index in [0.29, 0.717) is 5.56 Å². The average molecular weight is 371 g/mol. The average Bonchev–Trinajstić information content (AvgIpc) is 3.08. The zero-order chi connectivity index (χ0) is 19.7. The number of carbonyl (C=O) groups is 2. The van der Waals surface area contributed by atoms with Crippen LogP contribution in [0, 0.1) is 6.92 Å². The van der Waals surface area contributed by atoms with Crippen LogP contribution in [0.2, 0.25) is 0 Å². The number of hydrogen-bond donors (Lipinski definition) is 0. The number of carbonyl (C=O) groups excluding carboxylic acids is 2. The molecule has 0 fully saturated rings. The molecule has 28 heavy (non-hydrogen) atoms. The van der Waals surface area contributed by atoms with Crippen molar-refractivity contribution in [1.82, 2.24) is 4.98 Å². The largest absolute Gasteiger partial charge is 0.454 e. The van der Waals surface area contributed by atoms with Crippen LogP contribution < -0.4 is 0 Å². The molecule has 0 bridgehead atoms. The van der Waals surface area contributed by atoms with E-state index in [2.05, 4.69) is 37.3 Å². The fourth-order valence-corrected chi connectivity index (χ4v) is 3.62. The number of hydrogen-bond acceptors (Lipinski definition) is 4. The van der Waals surface area contributed by atoms with Crippen molar-refractivity contribution in [3.05, 3.63) is 76.5 Å². The number of aromatic nitrogens is 1. The molecule has 1 aromatic heterocycles. The van der Waals surface area contributed by atoms with Crippen molar-refractivity contribution in [2.45, 2.75) is 26.7 Å². The number of ether oxygens (including phenoxy) is 1. The lowest BCUT2D eigenvalue weighted by Gasteiger charge is -2.12. The van der Waals surface area contributed by atoms with E-state index >= 15 is 0 Å². The molecular weight excluding hydrogens is 350 g/mol. The Hall–Kier alpha value is -3.27. The van der Waals surface area contributed by atoms with Crippen LogP contribution in [0.1, 0.15) is 46.1 Å². The summed E-state index contributed by atoms with van der Waals surface area (Å²) in [7, 11) is 0. The molecule has 4 heteroatoms. The Labute approximate surface area is 163 Å². The van der Waals surface area contributed by atoms with Crippen LogP contribution in [0.15, 0.2) is 48.5 Å². The molecule has 1 heterocycles. The van der Waals surface area contributed by atoms with Crippen LogP contribution in [-0.2, 0) is 16.0 Å². The highest BCUT2D eigenvalue weighted by Crippen LogP contribution is 2.37. The van der Waals surface area contributed by atoms with E-state index in [9.17, 15) is 9.59 Å². The van der Waals surface area contributed by atoms with Crippen LogP contribution in [-0.4, -0.2) is 23.3 Å². The zero-order valence-electron chi connectivity index (χ0n) is 16.0. The summed E-state index contributed by atoms with van der Waals surface area (Å²) in [5.41, 5.74) is 6.50. The molecule has 1 aliphatic rings. The van der Waals surface area contributed by atoms with Crippen molar-refractivity contribution in [2.75, 3.05) is 6.61 Å². The normalized spacial score (nSPS) is 14.3. The number of aryl methyl sites for hydroxylation is 1. The highest BCUT2D eigenvalue weighted by atomic mass is 16.5. The number of nitrogens with zero attached hydrogens (tertiary/aromatic N) is 1. The molecule has 0 saturated heterocycles. The van der Waals surface area contributed by atoms with Gasteiger partial charge >= 0.3 is 5.97 Å². The molecule has 0 spiro atoms. The lowest BCUT2D eigenvalue weighted by atomic mass is 10.0. The highest BCUT2D eigenvalue weighted by Gasteiger charge is 2.27. The van der Waals surface area contributed by atoms with Crippen LogP contribution in [0.3, 0.4) is 0 Å². The maximum Gasteiger partial charge on any atom is 0.339 e. The van der Waals surface area contributed by atoms with Crippen molar-refractivity contribution in [1.29, 1.82) is 0 Å². The second-order valence-corrected chi connectivity index (χ2v) is 7.19. The van der Waals surface area contributed by atoms with E-state index in [0.717, 1.165) is 46.1 Å². The van der Waals surface area contributed by atoms with Gasteiger partial charge in [0, 0.05) is 5.39 Å². The van der Waals surface area contributed by atoms with Crippen molar-refractivity contribution in [3.8, 4) is 0 Å². The lowest BCUT2D eigenvalue weighted by Crippen LogP contribution is -2.14. The molecule has 140 valence electrons. The SMILES string of the molecule is CC(=O)COC(=O)c1c2c(nc3ccccc13)/C(=C/c1ccc(C)cc1)CC2. The molecular formula is C24H21NO3. The van der Waals surface area contributed by atoms with Gasteiger partial charge in [0.15, 0.2) is 5.78 Å². The summed E-state index contributed by atoms with van der Waals surface area (Å²) in [6.45, 7) is 3.26. The van der Waals surface area contributed by atoms with Gasteiger partial charge in [-0.2, -0.15) is 0 Å². The molecule has 0 N–H and O–H groups in total. The Morgan fingerprint density at radius 3 is 2.57 bits per heavy atom. The molecule has 0 aliphatic heterocycles. The molecule has 1 aliphatic carbocycles. The predicted octanol–water partition coefficient (Wildman–Crippen LogP) is 4.78. The number of allylic oxidation sites excluding steroid dienone is 1. The molecule has 0 atom stereocenters. The number of pyridine rings is 1. The van der Waals surface area contributed by atoms with E-state index in [1.165, 1.54) is 12.5 Å². The third-order valence-corrected chi connectivity index (χ3v) is 4.97. The second kappa shape index (κ2) is 7.39. The molecule has 4 nitrogen and oxygen atoms in total. The maximum absolute atomic E-state index is 12.8. The number of benzene rings is 2. The zero-order valence-corrected chi connectivity index (χ0v) is 16.0. The molecule has 0 radical (unpaired) electrons. The first-order valence-electron chi connectivity index (χ1n) is 9.38. The lowest BCUT2D eigenvalue weighted by molar-refractivity contribution is -0.120.